The van der Waals surface area contributed by atoms with Crippen molar-refractivity contribution in [2.75, 3.05) is 47.5 Å². The number of hydrogen-bond acceptors (Lipinski definition) is 7. The van der Waals surface area contributed by atoms with Gasteiger partial charge >= 0.3 is 19.8 Å². The first-order valence-corrected chi connectivity index (χ1v) is 39.1. The number of rotatable bonds is 68. The largest absolute Gasteiger partial charge is 0.472 e. The Kier molecular flexibility index (Phi) is 68.0. The maximum absolute atomic E-state index is 12.9. The van der Waals surface area contributed by atoms with Crippen LogP contribution in [-0.2, 0) is 32.7 Å². The van der Waals surface area contributed by atoms with Crippen LogP contribution >= 0.6 is 7.82 Å². The molecule has 0 aromatic rings. The molecule has 0 aliphatic heterocycles. The Bertz CT molecular complexity index is 2070. The van der Waals surface area contributed by atoms with Crippen molar-refractivity contribution in [2.24, 2.45) is 0 Å². The summed E-state index contributed by atoms with van der Waals surface area (Å²) in [5, 5.41) is 0. The number of hydrogen-bond donors (Lipinski definition) is 1. The number of likely N-dealkylation sites (N-methyl/N-ethyl adjacent to an activating group) is 1. The number of quaternary nitrogens is 1. The van der Waals surface area contributed by atoms with Gasteiger partial charge in [-0.25, -0.2) is 4.57 Å². The molecule has 0 amide bonds. The molecule has 2 atom stereocenters. The zero-order valence-electron chi connectivity index (χ0n) is 60.0. The number of esters is 2. The van der Waals surface area contributed by atoms with Crippen LogP contribution in [0.2, 0.25) is 0 Å². The minimum Gasteiger partial charge on any atom is -0.462 e. The molecule has 0 fully saturated rings. The Balaban J connectivity index is 4.03. The second kappa shape index (κ2) is 71.2. The minimum atomic E-state index is -4.40. The average molecular weight is 1300 g/mol. The lowest BCUT2D eigenvalue weighted by Gasteiger charge is -2.24. The molecular weight excluding hydrogens is 1160 g/mol. The Hall–Kier alpha value is -4.11. The van der Waals surface area contributed by atoms with E-state index in [0.29, 0.717) is 17.4 Å². The molecule has 0 aliphatic carbocycles. The van der Waals surface area contributed by atoms with Gasteiger partial charge in [-0.1, -0.05) is 327 Å². The maximum atomic E-state index is 12.9. The molecule has 0 aromatic carbocycles. The van der Waals surface area contributed by atoms with Crippen molar-refractivity contribution in [3.63, 3.8) is 0 Å². The molecule has 0 bridgehead atoms. The van der Waals surface area contributed by atoms with Crippen LogP contribution < -0.4 is 0 Å². The molecule has 0 radical (unpaired) electrons. The number of phosphoric ester groups is 1. The van der Waals surface area contributed by atoms with Gasteiger partial charge in [0.1, 0.15) is 19.8 Å². The number of ether oxygens (including phenoxy) is 2. The average Bonchev–Trinajstić information content (AvgIpc) is 2.14. The SMILES string of the molecule is CC/C=C\C/C=C\C/C=C\C/C=C\C/C=C\C/C=C\CCCCCCCCCCCCCCCCCCC(=O)OC(COC(=O)CCCCCCCCCCCCCCCC/C=C\C/C=C\C/C=C\C/C=C\C/C=C\C/C=C\CC)COP(=O)(O)OCC[N+](C)(C)C. The van der Waals surface area contributed by atoms with Gasteiger partial charge in [-0.3, -0.25) is 18.6 Å². The summed E-state index contributed by atoms with van der Waals surface area (Å²) in [6.07, 6.45) is 105. The van der Waals surface area contributed by atoms with Crippen molar-refractivity contribution >= 4 is 19.8 Å². The molecule has 1 N–H and O–H groups in total. The second-order valence-corrected chi connectivity index (χ2v) is 27.4. The lowest BCUT2D eigenvalue weighted by atomic mass is 10.0. The lowest BCUT2D eigenvalue weighted by molar-refractivity contribution is -0.870. The first kappa shape index (κ1) is 87.9. The fraction of sp³-hybridized carbons (Fsp3) is 0.683. The molecule has 92 heavy (non-hydrogen) atoms. The van der Waals surface area contributed by atoms with Gasteiger partial charge in [0.25, 0.3) is 0 Å². The van der Waals surface area contributed by atoms with E-state index in [1.54, 1.807) is 0 Å². The number of phosphoric acid groups is 1. The molecule has 526 valence electrons. The number of carbonyl (C=O) groups is 2. The van der Waals surface area contributed by atoms with Crippen LogP contribution in [0.4, 0.5) is 0 Å². The molecule has 0 aliphatic rings. The molecule has 0 heterocycles. The van der Waals surface area contributed by atoms with E-state index in [1.165, 1.54) is 161 Å². The van der Waals surface area contributed by atoms with Crippen LogP contribution in [-0.4, -0.2) is 74.9 Å². The van der Waals surface area contributed by atoms with Crippen LogP contribution in [0, 0.1) is 0 Å². The van der Waals surface area contributed by atoms with Crippen molar-refractivity contribution in [3.05, 3.63) is 146 Å². The number of carbonyl (C=O) groups excluding carboxylic acids is 2. The van der Waals surface area contributed by atoms with E-state index < -0.39 is 26.5 Å². The molecule has 9 nitrogen and oxygen atoms in total. The molecule has 0 spiro atoms. The van der Waals surface area contributed by atoms with Crippen LogP contribution in [0.3, 0.4) is 0 Å². The predicted octanol–water partition coefficient (Wildman–Crippen LogP) is 24.9. The summed E-state index contributed by atoms with van der Waals surface area (Å²) < 4.78 is 34.8. The summed E-state index contributed by atoms with van der Waals surface area (Å²) >= 11 is 0. The van der Waals surface area contributed by atoms with Gasteiger partial charge < -0.3 is 18.9 Å². The standard InChI is InChI=1S/C82H140NO8P/c1-6-8-10-12-14-16-18-20-22-24-26-28-30-32-34-36-38-40-41-43-45-47-49-51-53-55-57-59-61-63-65-67-69-71-73-75-82(85)91-80(79-90-92(86,87)89-77-76-83(3,4)5)78-88-81(84)74-72-70-68-66-64-62-60-58-56-54-52-50-48-46-44-42-39-37-35-33-31-29-27-25-23-21-19-17-15-13-11-9-7-2/h8-11,14-17,20-23,26-29,32-35,38-40,42,80H,6-7,12-13,18-19,24-25,30-31,36-37,41,43-79H2,1-5H3/p+1/b10-8-,11-9-,16-14-,17-15-,22-20-,23-21-,28-26-,29-27-,34-32-,35-33-,40-38-,42-39-. The summed E-state index contributed by atoms with van der Waals surface area (Å²) in [6.45, 7) is 4.22. The highest BCUT2D eigenvalue weighted by atomic mass is 31.2. The van der Waals surface area contributed by atoms with Crippen molar-refractivity contribution in [3.8, 4) is 0 Å². The first-order valence-electron chi connectivity index (χ1n) is 37.6. The molecule has 2 unspecified atom stereocenters. The third-order valence-corrected chi connectivity index (χ3v) is 16.8. The third-order valence-electron chi connectivity index (χ3n) is 15.9. The fourth-order valence-corrected chi connectivity index (χ4v) is 10.9. The quantitative estimate of drug-likeness (QED) is 0.0211. The summed E-state index contributed by atoms with van der Waals surface area (Å²) in [7, 11) is 1.47. The first-order chi connectivity index (χ1) is 45.0. The summed E-state index contributed by atoms with van der Waals surface area (Å²) in [6, 6.07) is 0. The van der Waals surface area contributed by atoms with E-state index in [2.05, 4.69) is 160 Å². The highest BCUT2D eigenvalue weighted by Crippen LogP contribution is 2.43. The van der Waals surface area contributed by atoms with Gasteiger partial charge in [-0.15, -0.1) is 0 Å². The zero-order chi connectivity index (χ0) is 66.9. The van der Waals surface area contributed by atoms with Crippen LogP contribution in [0.25, 0.3) is 0 Å². The minimum absolute atomic E-state index is 0.0271. The van der Waals surface area contributed by atoms with E-state index in [4.69, 9.17) is 18.5 Å². The molecule has 10 heteroatoms. The van der Waals surface area contributed by atoms with E-state index in [1.807, 2.05) is 21.1 Å². The predicted molar refractivity (Wildman–Crippen MR) is 399 cm³/mol. The summed E-state index contributed by atoms with van der Waals surface area (Å²) in [5.41, 5.74) is 0. The maximum Gasteiger partial charge on any atom is 0.472 e. The highest BCUT2D eigenvalue weighted by molar-refractivity contribution is 7.47. The van der Waals surface area contributed by atoms with E-state index in [9.17, 15) is 19.0 Å². The number of nitrogens with zero attached hydrogens (tertiary/aromatic N) is 1. The van der Waals surface area contributed by atoms with Crippen molar-refractivity contribution in [1.29, 1.82) is 0 Å². The molecule has 0 aromatic heterocycles. The van der Waals surface area contributed by atoms with Gasteiger partial charge in [0.15, 0.2) is 6.10 Å². The third kappa shape index (κ3) is 74.9. The lowest BCUT2D eigenvalue weighted by Crippen LogP contribution is -2.37. The van der Waals surface area contributed by atoms with Crippen LogP contribution in [0.5, 0.6) is 0 Å². The fourth-order valence-electron chi connectivity index (χ4n) is 10.2. The van der Waals surface area contributed by atoms with Gasteiger partial charge in [0.2, 0.25) is 0 Å². The van der Waals surface area contributed by atoms with E-state index in [0.717, 1.165) is 116 Å². The Morgan fingerprint density at radius 3 is 0.870 bits per heavy atom. The number of unbranched alkanes of at least 4 members (excludes halogenated alkanes) is 30. The van der Waals surface area contributed by atoms with Gasteiger partial charge in [0.05, 0.1) is 27.7 Å². The second-order valence-electron chi connectivity index (χ2n) is 25.9. The summed E-state index contributed by atoms with van der Waals surface area (Å²) in [5.74, 6) is -0.795. The molecule has 0 rings (SSSR count). The van der Waals surface area contributed by atoms with Crippen molar-refractivity contribution < 1.29 is 42.1 Å². The zero-order valence-corrected chi connectivity index (χ0v) is 60.9. The Labute approximate surface area is 567 Å². The number of allylic oxidation sites excluding steroid dienone is 24. The normalized spacial score (nSPS) is 13.9. The smallest absolute Gasteiger partial charge is 0.462 e. The van der Waals surface area contributed by atoms with E-state index >= 15 is 0 Å². The van der Waals surface area contributed by atoms with E-state index in [-0.39, 0.29) is 32.0 Å². The van der Waals surface area contributed by atoms with Crippen LogP contribution in [0.15, 0.2) is 146 Å². The van der Waals surface area contributed by atoms with Crippen LogP contribution in [0.1, 0.15) is 309 Å². The van der Waals surface area contributed by atoms with Crippen molar-refractivity contribution in [2.45, 2.75) is 315 Å². The Morgan fingerprint density at radius 1 is 0.337 bits per heavy atom. The monoisotopic (exact) mass is 1300 g/mol. The van der Waals surface area contributed by atoms with Gasteiger partial charge in [0, 0.05) is 12.8 Å². The molecular formula is C82H141NO8P+. The topological polar surface area (TPSA) is 108 Å². The van der Waals surface area contributed by atoms with Gasteiger partial charge in [-0.2, -0.15) is 0 Å². The molecule has 0 saturated carbocycles. The highest BCUT2D eigenvalue weighted by Gasteiger charge is 2.27. The van der Waals surface area contributed by atoms with Crippen molar-refractivity contribution in [1.82, 2.24) is 0 Å². The Morgan fingerprint density at radius 2 is 0.587 bits per heavy atom. The summed E-state index contributed by atoms with van der Waals surface area (Å²) in [4.78, 5) is 36.0. The molecule has 0 saturated heterocycles. The van der Waals surface area contributed by atoms with Gasteiger partial charge in [-0.05, 0) is 116 Å².